The summed E-state index contributed by atoms with van der Waals surface area (Å²) >= 11 is 0. The Labute approximate surface area is 185 Å². The molecule has 1 fully saturated rings. The van der Waals surface area contributed by atoms with Crippen LogP contribution in [0.1, 0.15) is 88.8 Å². The standard InChI is InChI=1S/C25H37F3N2O/c1-5-6-7-8-9-10-12-19-14-15-20(17-21(19)25(26,27)28)23(18(2)3)30-24(31-4)22-13-11-16-29-22/h14-15,17,22,29H,5-13,16H2,1-4H3. The number of ether oxygens (including phenoxy) is 1. The summed E-state index contributed by atoms with van der Waals surface area (Å²) in [6.07, 6.45) is 4.33. The smallest absolute Gasteiger partial charge is 0.416 e. The van der Waals surface area contributed by atoms with Gasteiger partial charge in [0.2, 0.25) is 5.90 Å². The number of rotatable bonds is 10. The van der Waals surface area contributed by atoms with Crippen molar-refractivity contribution in [1.29, 1.82) is 0 Å². The maximum Gasteiger partial charge on any atom is 0.416 e. The van der Waals surface area contributed by atoms with Crippen LogP contribution in [0.4, 0.5) is 13.2 Å². The Balaban J connectivity index is 2.27. The van der Waals surface area contributed by atoms with Gasteiger partial charge in [0, 0.05) is 5.56 Å². The Morgan fingerprint density at radius 3 is 2.42 bits per heavy atom. The number of nitrogens with one attached hydrogen (secondary N) is 1. The van der Waals surface area contributed by atoms with E-state index in [-0.39, 0.29) is 6.04 Å². The lowest BCUT2D eigenvalue weighted by Gasteiger charge is -2.17. The molecular formula is C25H37F3N2O. The first-order valence-corrected chi connectivity index (χ1v) is 11.5. The Morgan fingerprint density at radius 1 is 1.13 bits per heavy atom. The molecule has 1 saturated heterocycles. The second kappa shape index (κ2) is 12.3. The molecule has 1 N–H and O–H groups in total. The van der Waals surface area contributed by atoms with Gasteiger partial charge in [0.05, 0.1) is 24.4 Å². The summed E-state index contributed by atoms with van der Waals surface area (Å²) in [5.41, 5.74) is 1.69. The van der Waals surface area contributed by atoms with Crippen LogP contribution in [0.15, 0.2) is 28.8 Å². The lowest BCUT2D eigenvalue weighted by atomic mass is 9.96. The second-order valence-electron chi connectivity index (χ2n) is 8.54. The van der Waals surface area contributed by atoms with Gasteiger partial charge < -0.3 is 10.1 Å². The van der Waals surface area contributed by atoms with E-state index in [0.717, 1.165) is 57.1 Å². The van der Waals surface area contributed by atoms with Crippen molar-refractivity contribution in [2.75, 3.05) is 13.7 Å². The first-order valence-electron chi connectivity index (χ1n) is 11.5. The Hall–Kier alpha value is -1.82. The van der Waals surface area contributed by atoms with Crippen LogP contribution in [0.3, 0.4) is 0 Å². The third-order valence-electron chi connectivity index (χ3n) is 5.75. The average molecular weight is 439 g/mol. The molecule has 0 saturated carbocycles. The number of hydrogen-bond donors (Lipinski definition) is 1. The highest BCUT2D eigenvalue weighted by Gasteiger charge is 2.33. The molecular weight excluding hydrogens is 401 g/mol. The fourth-order valence-corrected chi connectivity index (χ4v) is 4.04. The second-order valence-corrected chi connectivity index (χ2v) is 8.54. The molecule has 0 bridgehead atoms. The predicted octanol–water partition coefficient (Wildman–Crippen LogP) is 7.16. The van der Waals surface area contributed by atoms with Gasteiger partial charge in [-0.1, -0.05) is 51.2 Å². The van der Waals surface area contributed by atoms with Crippen LogP contribution in [0.25, 0.3) is 5.70 Å². The maximum atomic E-state index is 13.9. The summed E-state index contributed by atoms with van der Waals surface area (Å²) in [6, 6.07) is 4.66. The number of aryl methyl sites for hydroxylation is 1. The highest BCUT2D eigenvalue weighted by atomic mass is 19.4. The minimum Gasteiger partial charge on any atom is -0.483 e. The van der Waals surface area contributed by atoms with E-state index in [0.29, 0.717) is 29.1 Å². The number of halogens is 3. The maximum absolute atomic E-state index is 13.9. The summed E-state index contributed by atoms with van der Waals surface area (Å²) in [5, 5.41) is 3.33. The van der Waals surface area contributed by atoms with Gasteiger partial charge in [0.15, 0.2) is 0 Å². The van der Waals surface area contributed by atoms with Crippen molar-refractivity contribution >= 4 is 11.6 Å². The third kappa shape index (κ3) is 7.67. The molecule has 1 aliphatic rings. The molecule has 0 amide bonds. The van der Waals surface area contributed by atoms with Crippen molar-refractivity contribution in [3.8, 4) is 0 Å². The molecule has 174 valence electrons. The largest absolute Gasteiger partial charge is 0.483 e. The monoisotopic (exact) mass is 438 g/mol. The van der Waals surface area contributed by atoms with E-state index in [4.69, 9.17) is 4.74 Å². The molecule has 1 heterocycles. The zero-order valence-corrected chi connectivity index (χ0v) is 19.4. The summed E-state index contributed by atoms with van der Waals surface area (Å²) < 4.78 is 47.1. The third-order valence-corrected chi connectivity index (χ3v) is 5.75. The molecule has 1 unspecified atom stereocenters. The number of unbranched alkanes of at least 4 members (excludes halogenated alkanes) is 5. The van der Waals surface area contributed by atoms with Crippen LogP contribution in [-0.2, 0) is 17.3 Å². The summed E-state index contributed by atoms with van der Waals surface area (Å²) in [4.78, 5) is 4.65. The Kier molecular flexibility index (Phi) is 10.1. The van der Waals surface area contributed by atoms with Gasteiger partial charge in [0.1, 0.15) is 0 Å². The number of methoxy groups -OCH3 is 1. The van der Waals surface area contributed by atoms with Crippen LogP contribution in [0.2, 0.25) is 0 Å². The fraction of sp³-hybridized carbons (Fsp3) is 0.640. The number of alkyl halides is 3. The van der Waals surface area contributed by atoms with E-state index in [1.165, 1.54) is 12.5 Å². The molecule has 31 heavy (non-hydrogen) atoms. The van der Waals surface area contributed by atoms with Gasteiger partial charge in [-0.25, -0.2) is 4.99 Å². The number of benzene rings is 1. The Morgan fingerprint density at radius 2 is 1.84 bits per heavy atom. The van der Waals surface area contributed by atoms with Crippen LogP contribution in [0, 0.1) is 0 Å². The van der Waals surface area contributed by atoms with Gasteiger partial charge in [-0.15, -0.1) is 0 Å². The SMILES string of the molecule is CCCCCCCCc1ccc(C(N=C(OC)C2CCCN2)=C(C)C)cc1C(F)(F)F. The molecule has 0 aliphatic carbocycles. The van der Waals surface area contributed by atoms with Gasteiger partial charge >= 0.3 is 6.18 Å². The Bertz CT molecular complexity index is 759. The van der Waals surface area contributed by atoms with E-state index in [1.807, 2.05) is 13.8 Å². The summed E-state index contributed by atoms with van der Waals surface area (Å²) in [6.45, 7) is 6.78. The van der Waals surface area contributed by atoms with Crippen LogP contribution >= 0.6 is 0 Å². The fourth-order valence-electron chi connectivity index (χ4n) is 4.04. The molecule has 1 atom stereocenters. The lowest BCUT2D eigenvalue weighted by Crippen LogP contribution is -2.32. The molecule has 3 nitrogen and oxygen atoms in total. The normalized spacial score (nSPS) is 17.1. The number of aliphatic imine (C=N–C) groups is 1. The van der Waals surface area contributed by atoms with E-state index in [2.05, 4.69) is 17.2 Å². The van der Waals surface area contributed by atoms with Crippen LogP contribution in [-0.4, -0.2) is 25.6 Å². The quantitative estimate of drug-likeness (QED) is 0.239. The first-order chi connectivity index (χ1) is 14.8. The average Bonchev–Trinajstić information content (AvgIpc) is 3.25. The van der Waals surface area contributed by atoms with Gasteiger partial charge in [-0.3, -0.25) is 0 Å². The van der Waals surface area contributed by atoms with E-state index < -0.39 is 11.7 Å². The number of allylic oxidation sites excluding steroid dienone is 1. The molecule has 0 aromatic heterocycles. The topological polar surface area (TPSA) is 33.6 Å². The zero-order chi connectivity index (χ0) is 22.9. The van der Waals surface area contributed by atoms with Gasteiger partial charge in [-0.05, 0) is 63.3 Å². The number of hydrogen-bond acceptors (Lipinski definition) is 3. The van der Waals surface area contributed by atoms with Crippen LogP contribution in [0.5, 0.6) is 0 Å². The van der Waals surface area contributed by atoms with E-state index >= 15 is 0 Å². The molecule has 6 heteroatoms. The number of nitrogens with zero attached hydrogens (tertiary/aromatic N) is 1. The van der Waals surface area contributed by atoms with Gasteiger partial charge in [0.25, 0.3) is 0 Å². The van der Waals surface area contributed by atoms with Crippen LogP contribution < -0.4 is 5.32 Å². The predicted molar refractivity (Wildman–Crippen MR) is 122 cm³/mol. The molecule has 2 rings (SSSR count). The van der Waals surface area contributed by atoms with E-state index in [1.54, 1.807) is 19.2 Å². The van der Waals surface area contributed by atoms with Crippen molar-refractivity contribution in [3.05, 3.63) is 40.5 Å². The van der Waals surface area contributed by atoms with Gasteiger partial charge in [-0.2, -0.15) is 13.2 Å². The van der Waals surface area contributed by atoms with Crippen molar-refractivity contribution in [1.82, 2.24) is 5.32 Å². The molecule has 0 spiro atoms. The summed E-state index contributed by atoms with van der Waals surface area (Å²) in [5.74, 6) is 0.526. The minimum absolute atomic E-state index is 0.00779. The highest BCUT2D eigenvalue weighted by molar-refractivity contribution is 5.88. The van der Waals surface area contributed by atoms with Crippen molar-refractivity contribution < 1.29 is 17.9 Å². The lowest BCUT2D eigenvalue weighted by molar-refractivity contribution is -0.138. The molecule has 0 radical (unpaired) electrons. The molecule has 1 aromatic carbocycles. The highest BCUT2D eigenvalue weighted by Crippen LogP contribution is 2.35. The van der Waals surface area contributed by atoms with Crippen molar-refractivity contribution in [2.45, 2.75) is 90.8 Å². The summed E-state index contributed by atoms with van der Waals surface area (Å²) in [7, 11) is 1.56. The molecule has 1 aliphatic heterocycles. The first kappa shape index (κ1) is 25.4. The van der Waals surface area contributed by atoms with Crippen molar-refractivity contribution in [2.24, 2.45) is 4.99 Å². The minimum atomic E-state index is -4.39. The van der Waals surface area contributed by atoms with Crippen molar-refractivity contribution in [3.63, 3.8) is 0 Å². The zero-order valence-electron chi connectivity index (χ0n) is 19.4. The van der Waals surface area contributed by atoms with E-state index in [9.17, 15) is 13.2 Å². The molecule has 1 aromatic rings.